The molecule has 3 aromatic heterocycles. The van der Waals surface area contributed by atoms with Crippen molar-refractivity contribution in [1.82, 2.24) is 25.1 Å². The van der Waals surface area contributed by atoms with Gasteiger partial charge in [-0.05, 0) is 62.8 Å². The van der Waals surface area contributed by atoms with Crippen molar-refractivity contribution < 1.29 is 33.1 Å². The number of aliphatic hydroxyl groups is 1. The number of halogens is 1. The highest BCUT2D eigenvalue weighted by Gasteiger charge is 2.27. The quantitative estimate of drug-likeness (QED) is 0.0849. The summed E-state index contributed by atoms with van der Waals surface area (Å²) in [6, 6.07) is 8.98. The average Bonchev–Trinajstić information content (AvgIpc) is 3.44. The number of aromatic nitrogens is 5. The summed E-state index contributed by atoms with van der Waals surface area (Å²) in [4.78, 5) is 39.9. The summed E-state index contributed by atoms with van der Waals surface area (Å²) in [5, 5.41) is 14.5. The Kier molecular flexibility index (Phi) is 11.8. The van der Waals surface area contributed by atoms with Crippen LogP contribution in [-0.4, -0.2) is 67.9 Å². The van der Waals surface area contributed by atoms with Crippen LogP contribution in [0.15, 0.2) is 69.4 Å². The van der Waals surface area contributed by atoms with E-state index in [0.717, 1.165) is 0 Å². The fraction of sp³-hybridized carbons (Fsp3) is 0.222. The monoisotopic (exact) mass is 599 g/mol. The van der Waals surface area contributed by atoms with Gasteiger partial charge >= 0.3 is 11.9 Å². The molecular weight excluding hydrogens is 573 g/mol. The van der Waals surface area contributed by atoms with Crippen LogP contribution in [0, 0.1) is 5.82 Å². The average molecular weight is 600 g/mol. The predicted molar refractivity (Wildman–Crippen MR) is 152 cm³/mol. The van der Waals surface area contributed by atoms with E-state index in [-0.39, 0.29) is 24.8 Å². The van der Waals surface area contributed by atoms with Gasteiger partial charge in [-0.1, -0.05) is 28.7 Å². The number of carbonyl (C=O) groups is 2. The van der Waals surface area contributed by atoms with Crippen LogP contribution in [0.1, 0.15) is 30.1 Å². The Balaban J connectivity index is 0.000000250. The molecule has 0 fully saturated rings. The molecular formula is C27H26FN5O6S2. The molecule has 0 aliphatic carbocycles. The summed E-state index contributed by atoms with van der Waals surface area (Å²) in [6.45, 7) is 3.79. The van der Waals surface area contributed by atoms with E-state index in [1.165, 1.54) is 41.7 Å². The van der Waals surface area contributed by atoms with Crippen LogP contribution in [0.5, 0.6) is 0 Å². The van der Waals surface area contributed by atoms with Crippen LogP contribution in [0.2, 0.25) is 0 Å². The molecule has 11 nitrogen and oxygen atoms in total. The summed E-state index contributed by atoms with van der Waals surface area (Å²) >= 11 is 2.75. The largest absolute Gasteiger partial charge is 0.502 e. The molecule has 0 saturated carbocycles. The number of rotatable bonds is 9. The zero-order valence-electron chi connectivity index (χ0n) is 22.5. The second kappa shape index (κ2) is 15.5. The number of hydrogen-bond acceptors (Lipinski definition) is 13. The number of esters is 2. The minimum absolute atomic E-state index is 0.0491. The summed E-state index contributed by atoms with van der Waals surface area (Å²) in [5.41, 5.74) is 2.31. The lowest BCUT2D eigenvalue weighted by Gasteiger charge is -2.05. The third-order valence-corrected chi connectivity index (χ3v) is 6.07. The number of aliphatic hydroxyl groups excluding tert-OH is 1. The number of nitrogens with zero attached hydrogens (tertiary/aromatic N) is 5. The molecule has 0 amide bonds. The number of thioether (sulfide) groups is 2. The smallest absolute Gasteiger partial charge is 0.377 e. The third-order valence-electron chi connectivity index (χ3n) is 4.95. The molecule has 0 aliphatic heterocycles. The van der Waals surface area contributed by atoms with Gasteiger partial charge in [-0.15, -0.1) is 0 Å². The van der Waals surface area contributed by atoms with E-state index in [9.17, 15) is 19.1 Å². The maximum atomic E-state index is 13.2. The highest BCUT2D eigenvalue weighted by Crippen LogP contribution is 2.34. The van der Waals surface area contributed by atoms with Crippen molar-refractivity contribution in [3.05, 3.63) is 71.8 Å². The van der Waals surface area contributed by atoms with E-state index in [1.54, 1.807) is 50.5 Å². The molecule has 1 N–H and O–H groups in total. The molecule has 0 aliphatic rings. The number of carbonyl (C=O) groups excluding carboxylic acids is 2. The Bertz CT molecular complexity index is 1510. The predicted octanol–water partition coefficient (Wildman–Crippen LogP) is 5.50. The lowest BCUT2D eigenvalue weighted by molar-refractivity contribution is -0.141. The third kappa shape index (κ3) is 8.59. The van der Waals surface area contributed by atoms with Crippen molar-refractivity contribution >= 4 is 41.5 Å². The van der Waals surface area contributed by atoms with Gasteiger partial charge in [-0.3, -0.25) is 0 Å². The van der Waals surface area contributed by atoms with Crippen LogP contribution < -0.4 is 0 Å². The van der Waals surface area contributed by atoms with Crippen molar-refractivity contribution in [1.29, 1.82) is 0 Å². The maximum absolute atomic E-state index is 13.2. The molecule has 0 radical (unpaired) electrons. The van der Waals surface area contributed by atoms with Gasteiger partial charge < -0.3 is 19.1 Å². The Morgan fingerprint density at radius 3 is 2.22 bits per heavy atom. The summed E-state index contributed by atoms with van der Waals surface area (Å²) < 4.78 is 28.1. The fourth-order valence-electron chi connectivity index (χ4n) is 3.18. The van der Waals surface area contributed by atoms with Crippen LogP contribution in [0.3, 0.4) is 0 Å². The maximum Gasteiger partial charge on any atom is 0.377 e. The number of ether oxygens (including phenoxy) is 2. The van der Waals surface area contributed by atoms with E-state index in [1.807, 2.05) is 12.5 Å². The Morgan fingerprint density at radius 2 is 1.59 bits per heavy atom. The minimum atomic E-state index is -0.758. The van der Waals surface area contributed by atoms with E-state index in [0.29, 0.717) is 38.5 Å². The molecule has 0 spiro atoms. The fourth-order valence-corrected chi connectivity index (χ4v) is 3.90. The summed E-state index contributed by atoms with van der Waals surface area (Å²) in [7, 11) is 0. The van der Waals surface area contributed by atoms with Crippen molar-refractivity contribution in [3.63, 3.8) is 0 Å². The zero-order chi connectivity index (χ0) is 29.8. The van der Waals surface area contributed by atoms with Gasteiger partial charge in [-0.25, -0.2) is 33.9 Å². The highest BCUT2D eigenvalue weighted by molar-refractivity contribution is 7.98. The minimum Gasteiger partial charge on any atom is -0.502 e. The lowest BCUT2D eigenvalue weighted by atomic mass is 10.0. The van der Waals surface area contributed by atoms with E-state index in [4.69, 9.17) is 9.26 Å². The Morgan fingerprint density at radius 1 is 0.951 bits per heavy atom. The van der Waals surface area contributed by atoms with Gasteiger partial charge in [-0.2, -0.15) is 0 Å². The van der Waals surface area contributed by atoms with Crippen molar-refractivity contribution in [2.75, 3.05) is 25.7 Å². The van der Waals surface area contributed by atoms with Crippen LogP contribution in [0.4, 0.5) is 4.39 Å². The first-order chi connectivity index (χ1) is 19.8. The second-order valence-corrected chi connectivity index (χ2v) is 9.16. The van der Waals surface area contributed by atoms with Gasteiger partial charge in [0.2, 0.25) is 5.76 Å². The van der Waals surface area contributed by atoms with Crippen molar-refractivity contribution in [2.45, 2.75) is 24.2 Å². The summed E-state index contributed by atoms with van der Waals surface area (Å²) in [6.07, 6.45) is 8.08. The first-order valence-corrected chi connectivity index (χ1v) is 14.5. The van der Waals surface area contributed by atoms with Gasteiger partial charge in [0.15, 0.2) is 10.3 Å². The molecule has 14 heteroatoms. The van der Waals surface area contributed by atoms with Gasteiger partial charge in [0, 0.05) is 24.0 Å². The number of benzene rings is 1. The van der Waals surface area contributed by atoms with Crippen molar-refractivity contribution in [2.24, 2.45) is 0 Å². The SMILES string of the molecule is CCOC(=O)/C(O)=C/c1ccnc(SC)n1.CCOC(=O)c1onc(-c2ccc(F)cc2)c1-c1ccnc(SC)n1. The molecule has 41 heavy (non-hydrogen) atoms. The molecule has 0 bridgehead atoms. The van der Waals surface area contributed by atoms with E-state index < -0.39 is 17.7 Å². The first-order valence-electron chi connectivity index (χ1n) is 12.1. The van der Waals surface area contributed by atoms with Crippen molar-refractivity contribution in [3.8, 4) is 22.5 Å². The standard InChI is InChI=1S/C17H14FN3O3S.C10H12N2O3S/c1-3-23-16(22)15-13(12-8-9-19-17(20-12)25-2)14(21-24-15)10-4-6-11(18)7-5-10;1-3-15-9(14)8(13)6-7-4-5-11-10(12-7)16-2/h4-9H,3H2,1-2H3;4-6,13H,3H2,1-2H3/b;8-6-. The first kappa shape index (κ1) is 31.2. The van der Waals surface area contributed by atoms with Gasteiger partial charge in [0.05, 0.1) is 30.2 Å². The van der Waals surface area contributed by atoms with Crippen LogP contribution in [0.25, 0.3) is 28.6 Å². The lowest BCUT2D eigenvalue weighted by Crippen LogP contribution is -2.07. The molecule has 0 atom stereocenters. The van der Waals surface area contributed by atoms with Crippen LogP contribution in [-0.2, 0) is 14.3 Å². The van der Waals surface area contributed by atoms with Crippen LogP contribution >= 0.6 is 23.5 Å². The van der Waals surface area contributed by atoms with E-state index in [2.05, 4.69) is 29.8 Å². The zero-order valence-corrected chi connectivity index (χ0v) is 24.2. The second-order valence-electron chi connectivity index (χ2n) is 7.61. The Labute approximate surface area is 243 Å². The topological polar surface area (TPSA) is 150 Å². The van der Waals surface area contributed by atoms with Gasteiger partial charge in [0.1, 0.15) is 11.5 Å². The normalized spacial score (nSPS) is 10.9. The molecule has 1 aromatic carbocycles. The Hall–Kier alpha value is -4.30. The molecule has 3 heterocycles. The number of hydrogen-bond donors (Lipinski definition) is 1. The van der Waals surface area contributed by atoms with Gasteiger partial charge in [0.25, 0.3) is 5.76 Å². The molecule has 0 saturated heterocycles. The molecule has 214 valence electrons. The molecule has 4 aromatic rings. The summed E-state index contributed by atoms with van der Waals surface area (Å²) in [5.74, 6) is -2.28. The molecule has 4 rings (SSSR count). The highest BCUT2D eigenvalue weighted by atomic mass is 32.2. The molecule has 0 unspecified atom stereocenters. The van der Waals surface area contributed by atoms with E-state index >= 15 is 0 Å².